The summed E-state index contributed by atoms with van der Waals surface area (Å²) in [7, 11) is 0. The number of ether oxygens (including phenoxy) is 1. The van der Waals surface area contributed by atoms with E-state index in [-0.39, 0.29) is 18.4 Å². The third kappa shape index (κ3) is 4.54. The van der Waals surface area contributed by atoms with Gasteiger partial charge < -0.3 is 10.1 Å². The zero-order valence-corrected chi connectivity index (χ0v) is 14.1. The molecule has 0 fully saturated rings. The molecule has 0 aliphatic heterocycles. The second-order valence-electron chi connectivity index (χ2n) is 5.01. The zero-order valence-electron chi connectivity index (χ0n) is 12.5. The van der Waals surface area contributed by atoms with E-state index in [9.17, 15) is 4.79 Å². The summed E-state index contributed by atoms with van der Waals surface area (Å²) in [5.74, 6) is 0.231. The highest BCUT2D eigenvalue weighted by molar-refractivity contribution is 7.13. The molecule has 2 aromatic heterocycles. The molecule has 0 aliphatic carbocycles. The van der Waals surface area contributed by atoms with Crippen molar-refractivity contribution in [3.05, 3.63) is 33.5 Å². The lowest BCUT2D eigenvalue weighted by molar-refractivity contribution is -0.142. The minimum Gasteiger partial charge on any atom is -0.466 e. The summed E-state index contributed by atoms with van der Waals surface area (Å²) < 4.78 is 4.94. The number of thiazole rings is 1. The lowest BCUT2D eigenvalue weighted by atomic mass is 10.0. The Morgan fingerprint density at radius 2 is 2.24 bits per heavy atom. The van der Waals surface area contributed by atoms with E-state index in [0.29, 0.717) is 12.5 Å². The van der Waals surface area contributed by atoms with Gasteiger partial charge in [-0.2, -0.15) is 0 Å². The van der Waals surface area contributed by atoms with Crippen molar-refractivity contribution in [1.29, 1.82) is 0 Å². The van der Waals surface area contributed by atoms with Crippen LogP contribution in [0, 0.1) is 5.92 Å². The fraction of sp³-hybridized carbons (Fsp3) is 0.467. The van der Waals surface area contributed by atoms with Crippen LogP contribution in [0.3, 0.4) is 0 Å². The minimum absolute atomic E-state index is 0.229. The molecule has 114 valence electrons. The van der Waals surface area contributed by atoms with E-state index >= 15 is 0 Å². The van der Waals surface area contributed by atoms with Gasteiger partial charge >= 0.3 is 5.97 Å². The van der Waals surface area contributed by atoms with Crippen LogP contribution in [0.5, 0.6) is 0 Å². The van der Waals surface area contributed by atoms with Gasteiger partial charge in [0, 0.05) is 10.3 Å². The highest BCUT2D eigenvalue weighted by Gasteiger charge is 2.18. The van der Waals surface area contributed by atoms with Crippen LogP contribution in [-0.4, -0.2) is 17.6 Å². The van der Waals surface area contributed by atoms with Gasteiger partial charge in [-0.3, -0.25) is 4.79 Å². The number of esters is 1. The van der Waals surface area contributed by atoms with Crippen molar-refractivity contribution in [1.82, 2.24) is 4.98 Å². The van der Waals surface area contributed by atoms with E-state index < -0.39 is 0 Å². The Morgan fingerprint density at radius 3 is 2.86 bits per heavy atom. The topological polar surface area (TPSA) is 51.2 Å². The molecule has 0 bridgehead atoms. The van der Waals surface area contributed by atoms with Crippen molar-refractivity contribution < 1.29 is 9.53 Å². The fourth-order valence-corrected chi connectivity index (χ4v) is 3.68. The first-order valence-electron chi connectivity index (χ1n) is 7.00. The van der Waals surface area contributed by atoms with E-state index in [1.807, 2.05) is 5.38 Å². The molecule has 4 nitrogen and oxygen atoms in total. The van der Waals surface area contributed by atoms with Gasteiger partial charge in [0.25, 0.3) is 0 Å². The Labute approximate surface area is 133 Å². The third-order valence-electron chi connectivity index (χ3n) is 2.98. The van der Waals surface area contributed by atoms with Crippen molar-refractivity contribution in [2.45, 2.75) is 33.2 Å². The van der Waals surface area contributed by atoms with Gasteiger partial charge in [-0.25, -0.2) is 4.98 Å². The Balaban J connectivity index is 2.02. The predicted octanol–water partition coefficient (Wildman–Crippen LogP) is 4.12. The maximum Gasteiger partial charge on any atom is 0.311 e. The standard InChI is InChI=1S/C15H20N2O2S2/c1-4-19-13(18)8-11-9-21-15(16-11)17-14(10(2)3)12-6-5-7-20-12/h5-7,9-10,14H,4,8H2,1-3H3,(H,16,17). The molecule has 0 amide bonds. The summed E-state index contributed by atoms with van der Waals surface area (Å²) in [4.78, 5) is 17.2. The molecule has 2 heterocycles. The Bertz CT molecular complexity index is 564. The zero-order chi connectivity index (χ0) is 15.2. The largest absolute Gasteiger partial charge is 0.466 e. The average molecular weight is 324 g/mol. The van der Waals surface area contributed by atoms with Gasteiger partial charge in [0.1, 0.15) is 0 Å². The van der Waals surface area contributed by atoms with Crippen molar-refractivity contribution in [3.63, 3.8) is 0 Å². The number of nitrogens with one attached hydrogen (secondary N) is 1. The van der Waals surface area contributed by atoms with Crippen LogP contribution in [-0.2, 0) is 16.0 Å². The number of aromatic nitrogens is 1. The van der Waals surface area contributed by atoms with Crippen molar-refractivity contribution in [2.75, 3.05) is 11.9 Å². The SMILES string of the molecule is CCOC(=O)Cc1csc(NC(c2cccs2)C(C)C)n1. The molecule has 0 aromatic carbocycles. The summed E-state index contributed by atoms with van der Waals surface area (Å²) in [6, 6.07) is 4.44. The molecular weight excluding hydrogens is 304 g/mol. The molecule has 0 saturated carbocycles. The predicted molar refractivity (Wildman–Crippen MR) is 88.0 cm³/mol. The van der Waals surface area contributed by atoms with Crippen LogP contribution < -0.4 is 5.32 Å². The lowest BCUT2D eigenvalue weighted by Crippen LogP contribution is -2.15. The number of hydrogen-bond donors (Lipinski definition) is 1. The van der Waals surface area contributed by atoms with Crippen LogP contribution in [0.4, 0.5) is 5.13 Å². The molecule has 0 aliphatic rings. The number of rotatable bonds is 7. The maximum atomic E-state index is 11.5. The van der Waals surface area contributed by atoms with E-state index in [2.05, 4.69) is 41.7 Å². The first-order chi connectivity index (χ1) is 10.1. The summed E-state index contributed by atoms with van der Waals surface area (Å²) in [5, 5.41) is 8.31. The molecule has 0 spiro atoms. The quantitative estimate of drug-likeness (QED) is 0.778. The van der Waals surface area contributed by atoms with Gasteiger partial charge in [-0.15, -0.1) is 22.7 Å². The molecule has 2 aromatic rings. The molecule has 2 rings (SSSR count). The summed E-state index contributed by atoms with van der Waals surface area (Å²) in [6.45, 7) is 6.58. The van der Waals surface area contributed by atoms with Gasteiger partial charge in [-0.05, 0) is 24.3 Å². The molecule has 1 unspecified atom stereocenters. The number of anilines is 1. The van der Waals surface area contributed by atoms with Crippen LogP contribution in [0.15, 0.2) is 22.9 Å². The third-order valence-corrected chi connectivity index (χ3v) is 4.76. The van der Waals surface area contributed by atoms with Crippen molar-refractivity contribution in [3.8, 4) is 0 Å². The summed E-state index contributed by atoms with van der Waals surface area (Å²) in [5.41, 5.74) is 0.759. The Hall–Kier alpha value is -1.40. The van der Waals surface area contributed by atoms with Crippen LogP contribution in [0.2, 0.25) is 0 Å². The van der Waals surface area contributed by atoms with Gasteiger partial charge in [0.15, 0.2) is 5.13 Å². The average Bonchev–Trinajstić information content (AvgIpc) is 3.07. The van der Waals surface area contributed by atoms with Crippen molar-refractivity contribution in [2.24, 2.45) is 5.92 Å². The summed E-state index contributed by atoms with van der Waals surface area (Å²) >= 11 is 3.27. The van der Waals surface area contributed by atoms with Crippen LogP contribution >= 0.6 is 22.7 Å². The van der Waals surface area contributed by atoms with E-state index in [0.717, 1.165) is 10.8 Å². The van der Waals surface area contributed by atoms with Crippen LogP contribution in [0.25, 0.3) is 0 Å². The molecule has 0 saturated heterocycles. The lowest BCUT2D eigenvalue weighted by Gasteiger charge is -2.20. The number of hydrogen-bond acceptors (Lipinski definition) is 6. The second kappa shape index (κ2) is 7.56. The van der Waals surface area contributed by atoms with Gasteiger partial charge in [0.05, 0.1) is 24.8 Å². The monoisotopic (exact) mass is 324 g/mol. The number of nitrogens with zero attached hydrogens (tertiary/aromatic N) is 1. The maximum absolute atomic E-state index is 11.5. The minimum atomic E-state index is -0.229. The normalized spacial score (nSPS) is 12.4. The second-order valence-corrected chi connectivity index (χ2v) is 6.84. The molecule has 1 N–H and O–H groups in total. The number of carbonyl (C=O) groups is 1. The molecular formula is C15H20N2O2S2. The fourth-order valence-electron chi connectivity index (χ4n) is 1.98. The number of carbonyl (C=O) groups excluding carboxylic acids is 1. The van der Waals surface area contributed by atoms with E-state index in [1.54, 1.807) is 18.3 Å². The molecule has 6 heteroatoms. The van der Waals surface area contributed by atoms with Gasteiger partial charge in [-0.1, -0.05) is 19.9 Å². The molecule has 0 radical (unpaired) electrons. The number of thiophene rings is 1. The van der Waals surface area contributed by atoms with Crippen LogP contribution in [0.1, 0.15) is 37.4 Å². The first-order valence-corrected chi connectivity index (χ1v) is 8.76. The summed E-state index contributed by atoms with van der Waals surface area (Å²) in [6.07, 6.45) is 0.233. The highest BCUT2D eigenvalue weighted by Crippen LogP contribution is 2.30. The highest BCUT2D eigenvalue weighted by atomic mass is 32.1. The van der Waals surface area contributed by atoms with Gasteiger partial charge in [0.2, 0.25) is 0 Å². The van der Waals surface area contributed by atoms with Crippen molar-refractivity contribution >= 4 is 33.8 Å². The first kappa shape index (κ1) is 16.0. The molecule has 21 heavy (non-hydrogen) atoms. The molecule has 1 atom stereocenters. The Morgan fingerprint density at radius 1 is 1.43 bits per heavy atom. The van der Waals surface area contributed by atoms with E-state index in [1.165, 1.54) is 16.2 Å². The van der Waals surface area contributed by atoms with E-state index in [4.69, 9.17) is 4.74 Å². The Kier molecular flexibility index (Phi) is 5.76. The smallest absolute Gasteiger partial charge is 0.311 e.